The lowest BCUT2D eigenvalue weighted by Gasteiger charge is -2.31. The van der Waals surface area contributed by atoms with Crippen molar-refractivity contribution in [3.8, 4) is 5.75 Å². The largest absolute Gasteiger partial charge is 0.487 e. The van der Waals surface area contributed by atoms with Gasteiger partial charge >= 0.3 is 11.9 Å². The summed E-state index contributed by atoms with van der Waals surface area (Å²) < 4.78 is 23.0. The molecule has 170 valence electrons. The number of carboxylic acids is 2. The number of hydrogen-bond acceptors (Lipinski definition) is 6. The fourth-order valence-corrected chi connectivity index (χ4v) is 4.84. The molecule has 5 rings (SSSR count). The van der Waals surface area contributed by atoms with Gasteiger partial charge in [0, 0.05) is 37.6 Å². The number of aliphatic carboxylic acids is 1. The predicted molar refractivity (Wildman–Crippen MR) is 116 cm³/mol. The van der Waals surface area contributed by atoms with E-state index in [1.54, 1.807) is 40.9 Å². The fourth-order valence-electron chi connectivity index (χ4n) is 4.84. The number of nitrogens with zero attached hydrogens (tertiary/aromatic N) is 3. The number of rotatable bonds is 4. The molecule has 2 aliphatic rings. The number of aromatic carboxylic acids is 1. The summed E-state index contributed by atoms with van der Waals surface area (Å²) in [6.07, 6.45) is 4.43. The molecular formula is C23H20FN3O6. The highest BCUT2D eigenvalue weighted by Gasteiger charge is 2.41. The van der Waals surface area contributed by atoms with Crippen molar-refractivity contribution in [3.63, 3.8) is 0 Å². The van der Waals surface area contributed by atoms with Crippen LogP contribution in [0.2, 0.25) is 0 Å². The van der Waals surface area contributed by atoms with E-state index in [0.29, 0.717) is 5.52 Å². The van der Waals surface area contributed by atoms with Gasteiger partial charge in [0.05, 0.1) is 22.9 Å². The first-order chi connectivity index (χ1) is 15.8. The third-order valence-corrected chi connectivity index (χ3v) is 6.46. The van der Waals surface area contributed by atoms with Gasteiger partial charge in [0.15, 0.2) is 11.6 Å². The maximum absolute atomic E-state index is 15.5. The number of aromatic nitrogens is 2. The van der Waals surface area contributed by atoms with Gasteiger partial charge < -0.3 is 24.4 Å². The van der Waals surface area contributed by atoms with Crippen molar-refractivity contribution in [3.05, 3.63) is 64.0 Å². The molecule has 33 heavy (non-hydrogen) atoms. The van der Waals surface area contributed by atoms with Gasteiger partial charge in [0.25, 0.3) is 0 Å². The van der Waals surface area contributed by atoms with Crippen molar-refractivity contribution in [1.29, 1.82) is 0 Å². The van der Waals surface area contributed by atoms with Crippen LogP contribution in [0.4, 0.5) is 10.1 Å². The molecule has 3 aromatic rings. The average Bonchev–Trinajstić information content (AvgIpc) is 3.23. The van der Waals surface area contributed by atoms with Crippen molar-refractivity contribution in [2.75, 3.05) is 24.6 Å². The minimum Gasteiger partial charge on any atom is -0.487 e. The molecule has 10 heteroatoms. The van der Waals surface area contributed by atoms with Crippen molar-refractivity contribution >= 4 is 28.5 Å². The first-order valence-corrected chi connectivity index (χ1v) is 10.4. The number of ether oxygens (including phenoxy) is 1. The van der Waals surface area contributed by atoms with Crippen LogP contribution >= 0.6 is 0 Å². The van der Waals surface area contributed by atoms with Crippen molar-refractivity contribution < 1.29 is 28.9 Å². The summed E-state index contributed by atoms with van der Waals surface area (Å²) in [5, 5.41) is 19.2. The van der Waals surface area contributed by atoms with Gasteiger partial charge in [-0.1, -0.05) is 0 Å². The summed E-state index contributed by atoms with van der Waals surface area (Å²) in [6.45, 7) is 2.22. The van der Waals surface area contributed by atoms with E-state index in [1.165, 1.54) is 6.20 Å². The standard InChI is InChI=1S/C23H20FN3O6/c1-11-10-33-21-18-13(20(28)16(23(31)32)9-27(11)18)6-17(24)19(21)26-7-14(15(8-26)22(29)30)12-2-4-25-5-3-12/h2-6,9,11,14-15H,7-8,10H2,1H3,(H,29,30)(H,31,32)/t11-,14?,15-/m0/s1. The molecule has 1 unspecified atom stereocenters. The topological polar surface area (TPSA) is 122 Å². The van der Waals surface area contributed by atoms with Crippen LogP contribution in [0.3, 0.4) is 0 Å². The van der Waals surface area contributed by atoms with Gasteiger partial charge in [-0.15, -0.1) is 0 Å². The maximum atomic E-state index is 15.5. The molecule has 4 heterocycles. The molecule has 9 nitrogen and oxygen atoms in total. The van der Waals surface area contributed by atoms with Crippen molar-refractivity contribution in [2.24, 2.45) is 5.92 Å². The van der Waals surface area contributed by atoms with Gasteiger partial charge in [-0.05, 0) is 30.7 Å². The smallest absolute Gasteiger partial charge is 0.341 e. The zero-order valence-corrected chi connectivity index (χ0v) is 17.6. The van der Waals surface area contributed by atoms with Gasteiger partial charge in [0.1, 0.15) is 17.9 Å². The lowest BCUT2D eigenvalue weighted by atomic mass is 9.90. The molecule has 2 aliphatic heterocycles. The average molecular weight is 453 g/mol. The number of halogens is 1. The van der Waals surface area contributed by atoms with Gasteiger partial charge in [-0.3, -0.25) is 14.6 Å². The highest BCUT2D eigenvalue weighted by atomic mass is 19.1. The number of hydrogen-bond donors (Lipinski definition) is 2. The molecule has 1 fully saturated rings. The zero-order chi connectivity index (χ0) is 23.4. The molecule has 0 bridgehead atoms. The van der Waals surface area contributed by atoms with Crippen LogP contribution in [0.15, 0.2) is 41.6 Å². The van der Waals surface area contributed by atoms with Gasteiger partial charge in [-0.2, -0.15) is 0 Å². The van der Waals surface area contributed by atoms with Gasteiger partial charge in [-0.25, -0.2) is 9.18 Å². The van der Waals surface area contributed by atoms with Gasteiger partial charge in [0.2, 0.25) is 5.43 Å². The Morgan fingerprint density at radius 1 is 1.21 bits per heavy atom. The molecule has 0 amide bonds. The van der Waals surface area contributed by atoms with Crippen molar-refractivity contribution in [1.82, 2.24) is 9.55 Å². The van der Waals surface area contributed by atoms with E-state index >= 15 is 4.39 Å². The second kappa shape index (κ2) is 7.58. The molecule has 1 aromatic carbocycles. The highest BCUT2D eigenvalue weighted by molar-refractivity contribution is 5.97. The van der Waals surface area contributed by atoms with Crippen LogP contribution in [0.25, 0.3) is 10.9 Å². The number of pyridine rings is 2. The third-order valence-electron chi connectivity index (χ3n) is 6.46. The summed E-state index contributed by atoms with van der Waals surface area (Å²) in [4.78, 5) is 41.9. The van der Waals surface area contributed by atoms with E-state index in [0.717, 1.165) is 11.6 Å². The first kappa shape index (κ1) is 20.9. The lowest BCUT2D eigenvalue weighted by molar-refractivity contribution is -0.141. The molecule has 0 aliphatic carbocycles. The number of carboxylic acid groups (broad SMARTS) is 2. The minimum atomic E-state index is -1.39. The molecular weight excluding hydrogens is 433 g/mol. The Hall–Kier alpha value is -3.95. The Kier molecular flexibility index (Phi) is 4.80. The molecule has 0 saturated carbocycles. The maximum Gasteiger partial charge on any atom is 0.341 e. The number of benzene rings is 1. The quantitative estimate of drug-likeness (QED) is 0.618. The van der Waals surface area contributed by atoms with Crippen LogP contribution in [-0.4, -0.2) is 51.4 Å². The molecule has 2 aromatic heterocycles. The summed E-state index contributed by atoms with van der Waals surface area (Å²) in [6, 6.07) is 4.23. The van der Waals surface area contributed by atoms with Crippen LogP contribution in [-0.2, 0) is 4.79 Å². The Balaban J connectivity index is 1.69. The van der Waals surface area contributed by atoms with E-state index in [4.69, 9.17) is 4.74 Å². The summed E-state index contributed by atoms with van der Waals surface area (Å²) in [7, 11) is 0. The molecule has 0 spiro atoms. The molecule has 3 atom stereocenters. The van der Waals surface area contributed by atoms with E-state index < -0.39 is 40.6 Å². The Labute approximate surface area is 186 Å². The van der Waals surface area contributed by atoms with Crippen molar-refractivity contribution in [2.45, 2.75) is 18.9 Å². The SMILES string of the molecule is C[C@H]1COc2c(N3CC(c4ccncc4)[C@@H](C(=O)O)C3)c(F)cc3c(=O)c(C(=O)O)cn1c23. The lowest BCUT2D eigenvalue weighted by Crippen LogP contribution is -2.29. The fraction of sp³-hybridized carbons (Fsp3) is 0.304. The van der Waals surface area contributed by atoms with E-state index in [2.05, 4.69) is 4.98 Å². The summed E-state index contributed by atoms with van der Waals surface area (Å²) in [5.41, 5.74) is -0.0723. The Morgan fingerprint density at radius 2 is 1.94 bits per heavy atom. The monoisotopic (exact) mass is 453 g/mol. The molecule has 1 saturated heterocycles. The van der Waals surface area contributed by atoms with Crippen LogP contribution in [0.1, 0.15) is 34.8 Å². The minimum absolute atomic E-state index is 0.0497. The van der Waals surface area contributed by atoms with E-state index in [9.17, 15) is 24.6 Å². The predicted octanol–water partition coefficient (Wildman–Crippen LogP) is 2.49. The Morgan fingerprint density at radius 3 is 2.61 bits per heavy atom. The summed E-state index contributed by atoms with van der Waals surface area (Å²) in [5.74, 6) is -4.21. The number of carbonyl (C=O) groups is 2. The highest BCUT2D eigenvalue weighted by Crippen LogP contribution is 2.45. The van der Waals surface area contributed by atoms with E-state index in [1.807, 2.05) is 0 Å². The summed E-state index contributed by atoms with van der Waals surface area (Å²) >= 11 is 0. The third kappa shape index (κ3) is 3.21. The number of anilines is 1. The van der Waals surface area contributed by atoms with Crippen LogP contribution < -0.4 is 15.1 Å². The Bertz CT molecular complexity index is 1360. The van der Waals surface area contributed by atoms with Crippen LogP contribution in [0.5, 0.6) is 5.75 Å². The molecule has 0 radical (unpaired) electrons. The second-order valence-electron chi connectivity index (χ2n) is 8.41. The normalized spacial score (nSPS) is 21.8. The second-order valence-corrected chi connectivity index (χ2v) is 8.41. The first-order valence-electron chi connectivity index (χ1n) is 10.4. The zero-order valence-electron chi connectivity index (χ0n) is 17.6. The van der Waals surface area contributed by atoms with E-state index in [-0.39, 0.29) is 42.6 Å². The van der Waals surface area contributed by atoms with Crippen LogP contribution in [0, 0.1) is 11.7 Å². The molecule has 2 N–H and O–H groups in total.